The minimum atomic E-state index is -1.01. The zero-order chi connectivity index (χ0) is 16.8. The van der Waals surface area contributed by atoms with E-state index in [4.69, 9.17) is 16.3 Å². The molecule has 0 atom stereocenters. The average Bonchev–Trinajstić information content (AvgIpc) is 2.52. The van der Waals surface area contributed by atoms with Crippen molar-refractivity contribution in [1.29, 1.82) is 0 Å². The van der Waals surface area contributed by atoms with Gasteiger partial charge in [0.2, 0.25) is 0 Å². The molecule has 0 bridgehead atoms. The fourth-order valence-electron chi connectivity index (χ4n) is 1.68. The Kier molecular flexibility index (Phi) is 5.37. The maximum Gasteiger partial charge on any atom is 0.426 e. The molecule has 2 amide bonds. The molecule has 0 saturated carbocycles. The molecule has 0 aliphatic carbocycles. The van der Waals surface area contributed by atoms with Crippen LogP contribution in [0.4, 0.5) is 9.18 Å². The summed E-state index contributed by atoms with van der Waals surface area (Å²) in [6, 6.07) is 9.86. The van der Waals surface area contributed by atoms with Gasteiger partial charge in [0.1, 0.15) is 18.2 Å². The fourth-order valence-corrected chi connectivity index (χ4v) is 1.90. The molecule has 0 unspecified atom stereocenters. The van der Waals surface area contributed by atoms with Crippen molar-refractivity contribution in [2.24, 2.45) is 0 Å². The van der Waals surface area contributed by atoms with Gasteiger partial charge in [0, 0.05) is 5.56 Å². The van der Waals surface area contributed by atoms with Crippen molar-refractivity contribution in [2.45, 2.75) is 6.61 Å². The van der Waals surface area contributed by atoms with Crippen LogP contribution >= 0.6 is 11.6 Å². The van der Waals surface area contributed by atoms with Gasteiger partial charge in [0.05, 0.1) is 10.6 Å². The summed E-state index contributed by atoms with van der Waals surface area (Å²) in [5, 5.41) is 9.62. The standard InChI is InChI=1S/C15H12ClFN2O4/c16-11-5-3-6-12(17)10(11)8-23-15(22)19-18-14(21)9-4-1-2-7-13(9)20/h1-7,20H,8H2,(H,18,21)(H,19,22). The first kappa shape index (κ1) is 16.6. The van der Waals surface area contributed by atoms with Crippen LogP contribution in [0.2, 0.25) is 5.02 Å². The number of nitrogens with one attached hydrogen (secondary N) is 2. The highest BCUT2D eigenvalue weighted by molar-refractivity contribution is 6.31. The van der Waals surface area contributed by atoms with Crippen molar-refractivity contribution in [1.82, 2.24) is 10.9 Å². The van der Waals surface area contributed by atoms with E-state index in [9.17, 15) is 19.1 Å². The summed E-state index contributed by atoms with van der Waals surface area (Å²) in [4.78, 5) is 23.2. The first-order valence-corrected chi connectivity index (χ1v) is 6.81. The maximum absolute atomic E-state index is 13.5. The van der Waals surface area contributed by atoms with Gasteiger partial charge in [0.15, 0.2) is 0 Å². The molecule has 0 aromatic heterocycles. The number of rotatable bonds is 3. The Hall–Kier alpha value is -2.80. The van der Waals surface area contributed by atoms with E-state index in [0.717, 1.165) is 0 Å². The topological polar surface area (TPSA) is 87.7 Å². The van der Waals surface area contributed by atoms with Crippen LogP contribution in [-0.2, 0) is 11.3 Å². The molecular weight excluding hydrogens is 327 g/mol. The second-order valence-electron chi connectivity index (χ2n) is 4.37. The van der Waals surface area contributed by atoms with Gasteiger partial charge in [-0.1, -0.05) is 29.8 Å². The molecule has 0 aliphatic heterocycles. The van der Waals surface area contributed by atoms with Gasteiger partial charge < -0.3 is 9.84 Å². The highest BCUT2D eigenvalue weighted by Crippen LogP contribution is 2.19. The molecule has 2 rings (SSSR count). The number of amides is 2. The number of phenols is 1. The number of hydrogen-bond donors (Lipinski definition) is 3. The van der Waals surface area contributed by atoms with Crippen molar-refractivity contribution >= 4 is 23.6 Å². The summed E-state index contributed by atoms with van der Waals surface area (Å²) in [7, 11) is 0. The van der Waals surface area contributed by atoms with Crippen LogP contribution in [0.25, 0.3) is 0 Å². The van der Waals surface area contributed by atoms with E-state index in [2.05, 4.69) is 5.43 Å². The van der Waals surface area contributed by atoms with Gasteiger partial charge in [-0.15, -0.1) is 0 Å². The predicted octanol–water partition coefficient (Wildman–Crippen LogP) is 2.76. The SMILES string of the molecule is O=C(NNC(=O)c1ccccc1O)OCc1c(F)cccc1Cl. The Balaban J connectivity index is 1.86. The Morgan fingerprint density at radius 2 is 1.87 bits per heavy atom. The number of ether oxygens (including phenoxy) is 1. The third-order valence-electron chi connectivity index (χ3n) is 2.84. The van der Waals surface area contributed by atoms with Crippen LogP contribution in [0.5, 0.6) is 5.75 Å². The van der Waals surface area contributed by atoms with Crippen molar-refractivity contribution in [3.05, 3.63) is 64.4 Å². The third kappa shape index (κ3) is 4.33. The Bertz CT molecular complexity index is 719. The van der Waals surface area contributed by atoms with E-state index < -0.39 is 24.4 Å². The second-order valence-corrected chi connectivity index (χ2v) is 4.78. The van der Waals surface area contributed by atoms with E-state index in [1.807, 2.05) is 5.43 Å². The largest absolute Gasteiger partial charge is 0.507 e. The molecule has 2 aromatic rings. The van der Waals surface area contributed by atoms with E-state index in [-0.39, 0.29) is 21.9 Å². The van der Waals surface area contributed by atoms with Gasteiger partial charge in [-0.05, 0) is 24.3 Å². The number of carbonyl (C=O) groups is 2. The van der Waals surface area contributed by atoms with Crippen LogP contribution < -0.4 is 10.9 Å². The molecule has 0 radical (unpaired) electrons. The number of hydrazine groups is 1. The Morgan fingerprint density at radius 3 is 2.57 bits per heavy atom. The molecule has 0 heterocycles. The van der Waals surface area contributed by atoms with Gasteiger partial charge >= 0.3 is 6.09 Å². The van der Waals surface area contributed by atoms with Crippen LogP contribution in [0, 0.1) is 5.82 Å². The molecule has 0 aliphatic rings. The van der Waals surface area contributed by atoms with Crippen molar-refractivity contribution < 1.29 is 23.8 Å². The summed E-state index contributed by atoms with van der Waals surface area (Å²) in [5.41, 5.74) is 4.04. The number of phenolic OH excluding ortho intramolecular Hbond substituents is 1. The molecule has 3 N–H and O–H groups in total. The quantitative estimate of drug-likeness (QED) is 0.751. The molecule has 120 valence electrons. The first-order valence-electron chi connectivity index (χ1n) is 6.43. The zero-order valence-electron chi connectivity index (χ0n) is 11.7. The summed E-state index contributed by atoms with van der Waals surface area (Å²) >= 11 is 5.79. The lowest BCUT2D eigenvalue weighted by Crippen LogP contribution is -2.41. The smallest absolute Gasteiger partial charge is 0.426 e. The van der Waals surface area contributed by atoms with Crippen molar-refractivity contribution in [3.8, 4) is 5.75 Å². The molecule has 6 nitrogen and oxygen atoms in total. The van der Waals surface area contributed by atoms with Crippen LogP contribution in [0.3, 0.4) is 0 Å². The van der Waals surface area contributed by atoms with E-state index in [0.29, 0.717) is 0 Å². The van der Waals surface area contributed by atoms with E-state index >= 15 is 0 Å². The first-order chi connectivity index (χ1) is 11.0. The van der Waals surface area contributed by atoms with Crippen LogP contribution in [0.15, 0.2) is 42.5 Å². The summed E-state index contributed by atoms with van der Waals surface area (Å²) in [6.07, 6.45) is -1.01. The fraction of sp³-hybridized carbons (Fsp3) is 0.0667. The molecule has 2 aromatic carbocycles. The number of para-hydroxylation sites is 1. The molecule has 0 spiro atoms. The highest BCUT2D eigenvalue weighted by Gasteiger charge is 2.13. The van der Waals surface area contributed by atoms with E-state index in [1.165, 1.54) is 30.3 Å². The van der Waals surface area contributed by atoms with Gasteiger partial charge in [0.25, 0.3) is 5.91 Å². The maximum atomic E-state index is 13.5. The van der Waals surface area contributed by atoms with Crippen molar-refractivity contribution in [2.75, 3.05) is 0 Å². The molecular formula is C15H12ClFN2O4. The Labute approximate surface area is 135 Å². The summed E-state index contributed by atoms with van der Waals surface area (Å²) < 4.78 is 18.2. The van der Waals surface area contributed by atoms with Crippen LogP contribution in [-0.4, -0.2) is 17.1 Å². The molecule has 0 saturated heterocycles. The minimum Gasteiger partial charge on any atom is -0.507 e. The zero-order valence-corrected chi connectivity index (χ0v) is 12.4. The summed E-state index contributed by atoms with van der Waals surface area (Å²) in [6.45, 7) is -0.399. The highest BCUT2D eigenvalue weighted by atomic mass is 35.5. The lowest BCUT2D eigenvalue weighted by Gasteiger charge is -2.10. The van der Waals surface area contributed by atoms with Gasteiger partial charge in [-0.25, -0.2) is 14.6 Å². The second kappa shape index (κ2) is 7.46. The molecule has 23 heavy (non-hydrogen) atoms. The van der Waals surface area contributed by atoms with Gasteiger partial charge in [-0.3, -0.25) is 10.2 Å². The van der Waals surface area contributed by atoms with E-state index in [1.54, 1.807) is 12.1 Å². The molecule has 8 heteroatoms. The monoisotopic (exact) mass is 338 g/mol. The Morgan fingerprint density at radius 1 is 1.13 bits per heavy atom. The number of carbonyl (C=O) groups excluding carboxylic acids is 2. The van der Waals surface area contributed by atoms with Crippen molar-refractivity contribution in [3.63, 3.8) is 0 Å². The number of halogens is 2. The van der Waals surface area contributed by atoms with Gasteiger partial charge in [-0.2, -0.15) is 0 Å². The molecule has 0 fully saturated rings. The third-order valence-corrected chi connectivity index (χ3v) is 3.19. The normalized spacial score (nSPS) is 10.0. The number of hydrogen-bond acceptors (Lipinski definition) is 4. The predicted molar refractivity (Wildman–Crippen MR) is 80.3 cm³/mol. The minimum absolute atomic E-state index is 0.0232. The van der Waals surface area contributed by atoms with Crippen LogP contribution in [0.1, 0.15) is 15.9 Å². The lowest BCUT2D eigenvalue weighted by atomic mass is 10.2. The summed E-state index contributed by atoms with van der Waals surface area (Å²) in [5.74, 6) is -1.58. The number of benzene rings is 2. The lowest BCUT2D eigenvalue weighted by molar-refractivity contribution is 0.0901. The average molecular weight is 339 g/mol. The number of aromatic hydroxyl groups is 1.